The third-order valence-corrected chi connectivity index (χ3v) is 7.74. The van der Waals surface area contributed by atoms with Crippen LogP contribution in [0, 0.1) is 6.92 Å². The summed E-state index contributed by atoms with van der Waals surface area (Å²) in [5.41, 5.74) is 0.793. The van der Waals surface area contributed by atoms with E-state index < -0.39 is 26.0 Å². The van der Waals surface area contributed by atoms with Crippen LogP contribution < -0.4 is 10.5 Å². The largest absolute Gasteiger partial charge is 0.478 e. The van der Waals surface area contributed by atoms with Gasteiger partial charge in [-0.05, 0) is 48.9 Å². The molecule has 0 aliphatic carbocycles. The number of amidine groups is 1. The summed E-state index contributed by atoms with van der Waals surface area (Å²) in [6, 6.07) is 7.92. The van der Waals surface area contributed by atoms with Gasteiger partial charge in [-0.1, -0.05) is 23.4 Å². The van der Waals surface area contributed by atoms with Crippen LogP contribution >= 0.6 is 23.4 Å². The van der Waals surface area contributed by atoms with Crippen molar-refractivity contribution < 1.29 is 26.7 Å². The van der Waals surface area contributed by atoms with E-state index in [0.717, 1.165) is 17.8 Å². The zero-order chi connectivity index (χ0) is 22.3. The van der Waals surface area contributed by atoms with Gasteiger partial charge in [-0.3, -0.25) is 0 Å². The standard InChI is InChI=1S/C17H14ClN3O6S3/c1-9-6-15-13(7-12(9)18)28-14(8-16(22)23)17(21-30(15,26)27)20-10-2-4-11(5-3-10)29(19,24)25/h2-8H,1H3,(H,20,21)(H,22,23)(H2,19,24,25)/b14-8+. The maximum absolute atomic E-state index is 12.8. The van der Waals surface area contributed by atoms with Gasteiger partial charge in [0.15, 0.2) is 5.84 Å². The lowest BCUT2D eigenvalue weighted by Gasteiger charge is -2.11. The van der Waals surface area contributed by atoms with Gasteiger partial charge in [-0.2, -0.15) is 8.42 Å². The fourth-order valence-corrected chi connectivity index (χ4v) is 5.75. The second-order valence-corrected chi connectivity index (χ2v) is 10.7. The molecule has 0 atom stereocenters. The molecule has 9 nitrogen and oxygen atoms in total. The Hall–Kier alpha value is -2.38. The Morgan fingerprint density at radius 1 is 1.27 bits per heavy atom. The van der Waals surface area contributed by atoms with Crippen LogP contribution in [-0.2, 0) is 24.8 Å². The molecule has 0 aromatic heterocycles. The summed E-state index contributed by atoms with van der Waals surface area (Å²) in [6.07, 6.45) is 0.813. The highest BCUT2D eigenvalue weighted by molar-refractivity contribution is 8.05. The maximum atomic E-state index is 12.8. The zero-order valence-electron chi connectivity index (χ0n) is 15.2. The van der Waals surface area contributed by atoms with Crippen molar-refractivity contribution in [1.82, 2.24) is 0 Å². The van der Waals surface area contributed by atoms with Crippen molar-refractivity contribution in [2.24, 2.45) is 9.54 Å². The third kappa shape index (κ3) is 4.84. The number of fused-ring (bicyclic) bond motifs is 1. The molecule has 3 rings (SSSR count). The number of carboxylic acid groups (broad SMARTS) is 1. The summed E-state index contributed by atoms with van der Waals surface area (Å²) in [5.74, 6) is -1.55. The number of nitrogens with two attached hydrogens (primary N) is 1. The summed E-state index contributed by atoms with van der Waals surface area (Å²) in [5, 5.41) is 17.3. The Balaban J connectivity index is 2.11. The highest BCUT2D eigenvalue weighted by Crippen LogP contribution is 2.40. The molecule has 13 heteroatoms. The molecule has 2 aromatic carbocycles. The molecule has 0 saturated heterocycles. The molecule has 4 N–H and O–H groups in total. The van der Waals surface area contributed by atoms with Gasteiger partial charge in [0.25, 0.3) is 10.0 Å². The van der Waals surface area contributed by atoms with Crippen LogP contribution in [0.5, 0.6) is 0 Å². The van der Waals surface area contributed by atoms with Crippen molar-refractivity contribution in [2.75, 3.05) is 5.32 Å². The summed E-state index contributed by atoms with van der Waals surface area (Å²) in [4.78, 5) is 11.3. The van der Waals surface area contributed by atoms with Gasteiger partial charge in [0.05, 0.1) is 9.80 Å². The number of sulfonamides is 2. The lowest BCUT2D eigenvalue weighted by Crippen LogP contribution is -2.16. The number of nitrogens with one attached hydrogen (secondary N) is 1. The summed E-state index contributed by atoms with van der Waals surface area (Å²) >= 11 is 6.98. The number of aryl methyl sites for hydroxylation is 1. The number of rotatable bonds is 3. The van der Waals surface area contributed by atoms with Crippen molar-refractivity contribution in [3.05, 3.63) is 58.0 Å². The molecule has 0 fully saturated rings. The van der Waals surface area contributed by atoms with Crippen LogP contribution in [0.4, 0.5) is 5.69 Å². The van der Waals surface area contributed by atoms with Gasteiger partial charge in [0.1, 0.15) is 4.90 Å². The minimum atomic E-state index is -4.19. The van der Waals surface area contributed by atoms with Crippen LogP contribution in [0.25, 0.3) is 0 Å². The summed E-state index contributed by atoms with van der Waals surface area (Å²) in [6.45, 7) is 1.64. The number of carbonyl (C=O) groups is 1. The second kappa shape index (κ2) is 8.04. The van der Waals surface area contributed by atoms with Gasteiger partial charge in [-0.25, -0.2) is 18.4 Å². The molecular formula is C17H14ClN3O6S3. The fourth-order valence-electron chi connectivity index (χ4n) is 2.46. The lowest BCUT2D eigenvalue weighted by atomic mass is 10.2. The van der Waals surface area contributed by atoms with Crippen molar-refractivity contribution in [3.63, 3.8) is 0 Å². The van der Waals surface area contributed by atoms with Gasteiger partial charge in [0, 0.05) is 21.7 Å². The minimum Gasteiger partial charge on any atom is -0.478 e. The van der Waals surface area contributed by atoms with E-state index in [2.05, 4.69) is 9.71 Å². The number of hydrogen-bond donors (Lipinski definition) is 3. The third-order valence-electron chi connectivity index (χ3n) is 3.87. The molecule has 0 unspecified atom stereocenters. The van der Waals surface area contributed by atoms with Gasteiger partial charge >= 0.3 is 5.97 Å². The number of nitrogens with zero attached hydrogens (tertiary/aromatic N) is 1. The van der Waals surface area contributed by atoms with Crippen LogP contribution in [0.3, 0.4) is 0 Å². The van der Waals surface area contributed by atoms with E-state index in [9.17, 15) is 26.7 Å². The molecule has 0 bridgehead atoms. The monoisotopic (exact) mass is 487 g/mol. The van der Waals surface area contributed by atoms with Crippen molar-refractivity contribution >= 4 is 60.9 Å². The molecule has 0 saturated carbocycles. The van der Waals surface area contributed by atoms with E-state index in [1.807, 2.05) is 0 Å². The molecule has 30 heavy (non-hydrogen) atoms. The van der Waals surface area contributed by atoms with Crippen LogP contribution in [-0.4, -0.2) is 33.7 Å². The van der Waals surface area contributed by atoms with E-state index in [1.165, 1.54) is 36.4 Å². The minimum absolute atomic E-state index is 0.0141. The topological polar surface area (TPSA) is 156 Å². The highest BCUT2D eigenvalue weighted by Gasteiger charge is 2.28. The number of halogens is 1. The Morgan fingerprint density at radius 2 is 1.90 bits per heavy atom. The first-order chi connectivity index (χ1) is 13.9. The van der Waals surface area contributed by atoms with Crippen LogP contribution in [0.2, 0.25) is 5.02 Å². The zero-order valence-corrected chi connectivity index (χ0v) is 18.4. The van der Waals surface area contributed by atoms with E-state index in [1.54, 1.807) is 6.92 Å². The van der Waals surface area contributed by atoms with E-state index in [4.69, 9.17) is 16.7 Å². The Labute approximate surface area is 181 Å². The van der Waals surface area contributed by atoms with Crippen molar-refractivity contribution in [1.29, 1.82) is 0 Å². The molecular weight excluding hydrogens is 474 g/mol. The average molecular weight is 488 g/mol. The fraction of sp³-hybridized carbons (Fsp3) is 0.0588. The van der Waals surface area contributed by atoms with Gasteiger partial charge in [0.2, 0.25) is 10.0 Å². The predicted octanol–water partition coefficient (Wildman–Crippen LogP) is 2.57. The van der Waals surface area contributed by atoms with E-state index in [0.29, 0.717) is 10.6 Å². The number of aliphatic carboxylic acids is 1. The number of carboxylic acids is 1. The first kappa shape index (κ1) is 22.3. The molecule has 1 heterocycles. The van der Waals surface area contributed by atoms with Crippen LogP contribution in [0.1, 0.15) is 5.56 Å². The average Bonchev–Trinajstić information content (AvgIpc) is 2.70. The molecule has 1 aliphatic rings. The van der Waals surface area contributed by atoms with E-state index in [-0.39, 0.29) is 31.1 Å². The van der Waals surface area contributed by atoms with Gasteiger partial charge < -0.3 is 10.4 Å². The SMILES string of the molecule is Cc1cc2c(cc1Cl)S/C(=C/C(=O)O)C(Nc1ccc(S(N)(=O)=O)cc1)=NS2(=O)=O. The lowest BCUT2D eigenvalue weighted by molar-refractivity contribution is -0.131. The first-order valence-corrected chi connectivity index (χ1v) is 12.2. The Kier molecular flexibility index (Phi) is 5.98. The second-order valence-electron chi connectivity index (χ2n) is 6.11. The molecule has 158 valence electrons. The number of thioether (sulfide) groups is 1. The predicted molar refractivity (Wildman–Crippen MR) is 114 cm³/mol. The number of anilines is 1. The van der Waals surface area contributed by atoms with Crippen molar-refractivity contribution in [2.45, 2.75) is 21.6 Å². The Morgan fingerprint density at radius 3 is 2.47 bits per heavy atom. The number of hydrogen-bond acceptors (Lipinski definition) is 7. The first-order valence-electron chi connectivity index (χ1n) is 8.05. The van der Waals surface area contributed by atoms with Crippen LogP contribution in [0.15, 0.2) is 66.5 Å². The van der Waals surface area contributed by atoms with Crippen molar-refractivity contribution in [3.8, 4) is 0 Å². The highest BCUT2D eigenvalue weighted by atomic mass is 35.5. The Bertz CT molecular complexity index is 1320. The molecule has 1 aliphatic heterocycles. The number of primary sulfonamides is 1. The van der Waals surface area contributed by atoms with Gasteiger partial charge in [-0.15, -0.1) is 4.40 Å². The quantitative estimate of drug-likeness (QED) is 0.557. The molecule has 0 amide bonds. The molecule has 2 aromatic rings. The normalized spacial score (nSPS) is 17.0. The molecule has 0 spiro atoms. The summed E-state index contributed by atoms with van der Waals surface area (Å²) in [7, 11) is -8.10. The summed E-state index contributed by atoms with van der Waals surface area (Å²) < 4.78 is 52.2. The molecule has 0 radical (unpaired) electrons. The maximum Gasteiger partial charge on any atom is 0.329 e. The van der Waals surface area contributed by atoms with E-state index >= 15 is 0 Å². The smallest absolute Gasteiger partial charge is 0.329 e. The number of benzene rings is 2.